The lowest BCUT2D eigenvalue weighted by atomic mass is 10.3. The summed E-state index contributed by atoms with van der Waals surface area (Å²) in [5, 5.41) is 0. The fraction of sp³-hybridized carbons (Fsp3) is 0.125. The summed E-state index contributed by atoms with van der Waals surface area (Å²) in [5.41, 5.74) is 0. The number of rotatable bonds is 3. The Morgan fingerprint density at radius 2 is 2.08 bits per heavy atom. The van der Waals surface area contributed by atoms with Crippen molar-refractivity contribution >= 4 is 6.29 Å². The molecule has 0 aliphatic rings. The van der Waals surface area contributed by atoms with Crippen molar-refractivity contribution in [3.8, 4) is 5.75 Å². The van der Waals surface area contributed by atoms with E-state index in [2.05, 4.69) is 4.74 Å². The highest BCUT2D eigenvalue weighted by Gasteiger charge is 2.02. The van der Waals surface area contributed by atoms with Gasteiger partial charge in [-0.05, 0) is 12.1 Å². The van der Waals surface area contributed by atoms with Crippen LogP contribution < -0.4 is 4.74 Å². The molecule has 12 heavy (non-hydrogen) atoms. The number of hydrogen-bond acceptors (Lipinski definition) is 2. The predicted octanol–water partition coefficient (Wildman–Crippen LogP) is 1.45. The van der Waals surface area contributed by atoms with Gasteiger partial charge in [0.25, 0.3) is 0 Å². The predicted molar refractivity (Wildman–Crippen MR) is 37.5 cm³/mol. The van der Waals surface area contributed by atoms with Crippen LogP contribution in [0.15, 0.2) is 18.2 Å². The maximum absolute atomic E-state index is 12.5. The van der Waals surface area contributed by atoms with Gasteiger partial charge >= 0.3 is 0 Å². The number of carbonyl (C=O) groups excluding carboxylic acids is 1. The molecule has 0 atom stereocenters. The Bertz CT molecular complexity index is 286. The second-order valence-corrected chi connectivity index (χ2v) is 2.01. The van der Waals surface area contributed by atoms with Gasteiger partial charge in [0.05, 0.1) is 0 Å². The first-order chi connectivity index (χ1) is 5.74. The second-order valence-electron chi connectivity index (χ2n) is 2.01. The third-order valence-corrected chi connectivity index (χ3v) is 1.19. The summed E-state index contributed by atoms with van der Waals surface area (Å²) in [6.07, 6.45) is 1.46. The Kier molecular flexibility index (Phi) is 2.74. The minimum absolute atomic E-state index is 0.109. The van der Waals surface area contributed by atoms with Crippen LogP contribution in [0.5, 0.6) is 5.75 Å². The van der Waals surface area contributed by atoms with Crippen molar-refractivity contribution in [2.45, 2.75) is 0 Å². The molecule has 0 aromatic heterocycles. The molecule has 4 heteroatoms. The van der Waals surface area contributed by atoms with Crippen LogP contribution in [0.25, 0.3) is 0 Å². The van der Waals surface area contributed by atoms with Crippen LogP contribution in [0, 0.1) is 11.6 Å². The maximum Gasteiger partial charge on any atom is 0.239 e. The summed E-state index contributed by atoms with van der Waals surface area (Å²) >= 11 is 0. The Balaban J connectivity index is 2.75. The quantitative estimate of drug-likeness (QED) is 0.688. The maximum atomic E-state index is 12.5. The average molecular weight is 171 g/mol. The highest BCUT2D eigenvalue weighted by atomic mass is 19.2. The van der Waals surface area contributed by atoms with E-state index < -0.39 is 11.6 Å². The summed E-state index contributed by atoms with van der Waals surface area (Å²) in [4.78, 5) is 9.71. The number of ether oxygens (including phenoxy) is 1. The number of benzene rings is 1. The first kappa shape index (κ1) is 8.64. The normalized spacial score (nSPS) is 9.50. The molecule has 0 saturated heterocycles. The highest BCUT2D eigenvalue weighted by Crippen LogP contribution is 2.14. The molecule has 1 radical (unpaired) electrons. The first-order valence-electron chi connectivity index (χ1n) is 3.17. The van der Waals surface area contributed by atoms with E-state index in [1.807, 2.05) is 0 Å². The van der Waals surface area contributed by atoms with Crippen molar-refractivity contribution in [3.63, 3.8) is 0 Å². The molecule has 0 aliphatic heterocycles. The van der Waals surface area contributed by atoms with E-state index in [0.29, 0.717) is 0 Å². The van der Waals surface area contributed by atoms with Gasteiger partial charge in [-0.1, -0.05) is 0 Å². The fourth-order valence-corrected chi connectivity index (χ4v) is 0.679. The molecule has 0 fully saturated rings. The van der Waals surface area contributed by atoms with Gasteiger partial charge in [-0.25, -0.2) is 8.78 Å². The van der Waals surface area contributed by atoms with Crippen molar-refractivity contribution in [2.24, 2.45) is 0 Å². The largest absolute Gasteiger partial charge is 0.485 e. The van der Waals surface area contributed by atoms with Crippen LogP contribution in [-0.2, 0) is 4.79 Å². The van der Waals surface area contributed by atoms with Crippen LogP contribution >= 0.6 is 0 Å². The van der Waals surface area contributed by atoms with E-state index in [1.165, 1.54) is 12.4 Å². The van der Waals surface area contributed by atoms with Crippen molar-refractivity contribution in [3.05, 3.63) is 29.8 Å². The first-order valence-corrected chi connectivity index (χ1v) is 3.17. The van der Waals surface area contributed by atoms with Gasteiger partial charge in [0, 0.05) is 6.07 Å². The molecule has 1 rings (SSSR count). The van der Waals surface area contributed by atoms with Crippen LogP contribution in [0.1, 0.15) is 0 Å². The third kappa shape index (κ3) is 2.02. The highest BCUT2D eigenvalue weighted by molar-refractivity contribution is 5.52. The summed E-state index contributed by atoms with van der Waals surface area (Å²) in [7, 11) is 0. The lowest BCUT2D eigenvalue weighted by molar-refractivity contribution is 0.360. The summed E-state index contributed by atoms with van der Waals surface area (Å²) in [6.45, 7) is -0.287. The molecule has 0 bridgehead atoms. The average Bonchev–Trinajstić information content (AvgIpc) is 2.07. The molecule has 0 unspecified atom stereocenters. The van der Waals surface area contributed by atoms with E-state index in [0.717, 1.165) is 12.1 Å². The SMILES string of the molecule is O=[C]COc1ccc(F)c(F)c1. The van der Waals surface area contributed by atoms with Crippen molar-refractivity contribution in [1.82, 2.24) is 0 Å². The Hall–Kier alpha value is -1.45. The molecule has 1 aromatic rings. The fourth-order valence-electron chi connectivity index (χ4n) is 0.679. The van der Waals surface area contributed by atoms with Gasteiger partial charge < -0.3 is 4.74 Å². The molecule has 0 saturated carbocycles. The van der Waals surface area contributed by atoms with Crippen LogP contribution in [0.3, 0.4) is 0 Å². The van der Waals surface area contributed by atoms with E-state index >= 15 is 0 Å². The third-order valence-electron chi connectivity index (χ3n) is 1.19. The zero-order chi connectivity index (χ0) is 8.97. The van der Waals surface area contributed by atoms with E-state index in [-0.39, 0.29) is 12.4 Å². The van der Waals surface area contributed by atoms with Crippen LogP contribution in [0.4, 0.5) is 8.78 Å². The standard InChI is InChI=1S/C8H5F2O2/c9-7-2-1-6(5-8(7)10)12-4-3-11/h1-2,5H,4H2. The molecule has 1 aromatic carbocycles. The Morgan fingerprint density at radius 1 is 1.33 bits per heavy atom. The molecular formula is C8H5F2O2. The van der Waals surface area contributed by atoms with Gasteiger partial charge in [0.15, 0.2) is 18.2 Å². The van der Waals surface area contributed by atoms with Gasteiger partial charge in [-0.3, -0.25) is 4.79 Å². The molecular weight excluding hydrogens is 166 g/mol. The van der Waals surface area contributed by atoms with E-state index in [9.17, 15) is 13.6 Å². The number of halogens is 2. The minimum Gasteiger partial charge on any atom is -0.485 e. The number of hydrogen-bond donors (Lipinski definition) is 0. The molecule has 0 heterocycles. The van der Waals surface area contributed by atoms with Crippen molar-refractivity contribution < 1.29 is 18.3 Å². The van der Waals surface area contributed by atoms with Crippen molar-refractivity contribution in [2.75, 3.05) is 6.61 Å². The summed E-state index contributed by atoms with van der Waals surface area (Å²) in [5.74, 6) is -1.84. The van der Waals surface area contributed by atoms with E-state index in [4.69, 9.17) is 0 Å². The van der Waals surface area contributed by atoms with Crippen molar-refractivity contribution in [1.29, 1.82) is 0 Å². The zero-order valence-corrected chi connectivity index (χ0v) is 6.01. The van der Waals surface area contributed by atoms with Gasteiger partial charge in [0.1, 0.15) is 5.75 Å². The van der Waals surface area contributed by atoms with Gasteiger partial charge in [-0.15, -0.1) is 0 Å². The lowest BCUT2D eigenvalue weighted by Gasteiger charge is -2.00. The van der Waals surface area contributed by atoms with Crippen LogP contribution in [-0.4, -0.2) is 12.9 Å². The summed E-state index contributed by atoms with van der Waals surface area (Å²) < 4.78 is 29.4. The molecule has 2 nitrogen and oxygen atoms in total. The topological polar surface area (TPSA) is 26.3 Å². The van der Waals surface area contributed by atoms with Gasteiger partial charge in [0.2, 0.25) is 6.29 Å². The van der Waals surface area contributed by atoms with E-state index in [1.54, 1.807) is 0 Å². The minimum atomic E-state index is -1.00. The monoisotopic (exact) mass is 171 g/mol. The zero-order valence-electron chi connectivity index (χ0n) is 6.01. The second kappa shape index (κ2) is 3.80. The molecule has 0 amide bonds. The molecule has 0 spiro atoms. The molecule has 63 valence electrons. The Morgan fingerprint density at radius 3 is 2.67 bits per heavy atom. The molecule has 0 aliphatic carbocycles. The van der Waals surface area contributed by atoms with Gasteiger partial charge in [-0.2, -0.15) is 0 Å². The lowest BCUT2D eigenvalue weighted by Crippen LogP contribution is -1.98. The smallest absolute Gasteiger partial charge is 0.239 e. The summed E-state index contributed by atoms with van der Waals surface area (Å²) in [6, 6.07) is 3.03. The van der Waals surface area contributed by atoms with Crippen LogP contribution in [0.2, 0.25) is 0 Å². The molecule has 0 N–H and O–H groups in total. The Labute approximate surface area is 67.8 Å².